The lowest BCUT2D eigenvalue weighted by molar-refractivity contribution is 0.546. The van der Waals surface area contributed by atoms with Gasteiger partial charge in [0.05, 0.1) is 11.6 Å². The zero-order valence-electron chi connectivity index (χ0n) is 11.4. The first-order valence-corrected chi connectivity index (χ1v) is 9.60. The molecule has 3 N–H and O–H groups in total. The number of nitrogens with two attached hydrogens (primary N) is 1. The quantitative estimate of drug-likeness (QED) is 0.815. The maximum absolute atomic E-state index is 12.3. The molecule has 1 aliphatic rings. The molecule has 1 atom stereocenters. The van der Waals surface area contributed by atoms with Crippen LogP contribution >= 0.6 is 23.4 Å². The lowest BCUT2D eigenvalue weighted by atomic mass is 10.1. The van der Waals surface area contributed by atoms with E-state index in [-0.39, 0.29) is 16.5 Å². The van der Waals surface area contributed by atoms with Gasteiger partial charge in [0.2, 0.25) is 10.0 Å². The smallest absolute Gasteiger partial charge is 0.242 e. The van der Waals surface area contributed by atoms with Gasteiger partial charge >= 0.3 is 0 Å². The third-order valence-corrected chi connectivity index (χ3v) is 6.28. The van der Waals surface area contributed by atoms with Gasteiger partial charge in [-0.3, -0.25) is 0 Å². The van der Waals surface area contributed by atoms with Crippen LogP contribution in [0.2, 0.25) is 5.02 Å². The van der Waals surface area contributed by atoms with E-state index in [2.05, 4.69) is 16.6 Å². The molecule has 0 amide bonds. The normalized spacial score (nSPS) is 18.3. The highest BCUT2D eigenvalue weighted by Gasteiger charge is 2.21. The Hall–Kier alpha value is -0.710. The molecule has 0 bridgehead atoms. The molecule has 1 unspecified atom stereocenters. The van der Waals surface area contributed by atoms with E-state index in [1.165, 1.54) is 6.07 Å². The third-order valence-electron chi connectivity index (χ3n) is 3.14. The topological polar surface area (TPSA) is 72.2 Å². The Balaban J connectivity index is 2.11. The van der Waals surface area contributed by atoms with Gasteiger partial charge in [0, 0.05) is 12.1 Å². The molecule has 1 fully saturated rings. The van der Waals surface area contributed by atoms with Crippen LogP contribution in [-0.2, 0) is 10.0 Å². The molecule has 0 aromatic heterocycles. The maximum Gasteiger partial charge on any atom is 0.242 e. The summed E-state index contributed by atoms with van der Waals surface area (Å²) >= 11 is 7.92. The lowest BCUT2D eigenvalue weighted by Crippen LogP contribution is -2.29. The van der Waals surface area contributed by atoms with Crippen molar-refractivity contribution >= 4 is 33.4 Å². The first kappa shape index (κ1) is 16.7. The van der Waals surface area contributed by atoms with Crippen molar-refractivity contribution in [3.8, 4) is 11.8 Å². The third kappa shape index (κ3) is 4.63. The molecule has 1 heterocycles. The van der Waals surface area contributed by atoms with Crippen LogP contribution in [0.5, 0.6) is 0 Å². The van der Waals surface area contributed by atoms with Gasteiger partial charge in [-0.2, -0.15) is 11.8 Å². The summed E-state index contributed by atoms with van der Waals surface area (Å²) in [4.78, 5) is 0.0908. The van der Waals surface area contributed by atoms with Gasteiger partial charge in [-0.25, -0.2) is 13.1 Å². The fourth-order valence-electron chi connectivity index (χ4n) is 2.00. The van der Waals surface area contributed by atoms with E-state index >= 15 is 0 Å². The van der Waals surface area contributed by atoms with Gasteiger partial charge < -0.3 is 5.73 Å². The minimum atomic E-state index is -3.58. The average molecular weight is 345 g/mol. The molecule has 0 saturated carbocycles. The molecule has 4 nitrogen and oxygen atoms in total. The van der Waals surface area contributed by atoms with E-state index in [4.69, 9.17) is 17.3 Å². The van der Waals surface area contributed by atoms with E-state index in [0.717, 1.165) is 17.9 Å². The molecule has 114 valence electrons. The molecule has 1 aromatic carbocycles. The van der Waals surface area contributed by atoms with Gasteiger partial charge in [0.25, 0.3) is 0 Å². The Morgan fingerprint density at radius 1 is 1.48 bits per heavy atom. The van der Waals surface area contributed by atoms with Gasteiger partial charge in [-0.15, -0.1) is 0 Å². The minimum Gasteiger partial charge on any atom is -0.320 e. The van der Waals surface area contributed by atoms with Crippen molar-refractivity contribution in [2.24, 2.45) is 11.7 Å². The Labute approximate surface area is 134 Å². The maximum atomic E-state index is 12.3. The highest BCUT2D eigenvalue weighted by atomic mass is 35.5. The lowest BCUT2D eigenvalue weighted by Gasteiger charge is -2.12. The van der Waals surface area contributed by atoms with Crippen molar-refractivity contribution in [3.05, 3.63) is 28.8 Å². The van der Waals surface area contributed by atoms with E-state index in [1.54, 1.807) is 12.1 Å². The summed E-state index contributed by atoms with van der Waals surface area (Å²) in [7, 11) is -3.58. The molecular weight excluding hydrogens is 328 g/mol. The standard InChI is InChI=1S/C14H17ClN2O2S2/c15-13-8-11(2-1-6-16)3-4-14(13)21(18,19)17-9-12-5-7-20-10-12/h3-4,8,12,17H,5-7,9-10,16H2. The number of halogens is 1. The Morgan fingerprint density at radius 3 is 2.90 bits per heavy atom. The zero-order valence-corrected chi connectivity index (χ0v) is 13.8. The Morgan fingerprint density at radius 2 is 2.29 bits per heavy atom. The summed E-state index contributed by atoms with van der Waals surface area (Å²) in [6, 6.07) is 4.66. The SMILES string of the molecule is NCC#Cc1ccc(S(=O)(=O)NCC2CCSC2)c(Cl)c1. The Kier molecular flexibility index (Phi) is 5.97. The van der Waals surface area contributed by atoms with Crippen LogP contribution in [0.25, 0.3) is 0 Å². The van der Waals surface area contributed by atoms with Crippen LogP contribution in [0, 0.1) is 17.8 Å². The van der Waals surface area contributed by atoms with Crippen molar-refractivity contribution in [2.45, 2.75) is 11.3 Å². The van der Waals surface area contributed by atoms with Crippen LogP contribution in [0.4, 0.5) is 0 Å². The summed E-state index contributed by atoms with van der Waals surface area (Å²) in [6.07, 6.45) is 1.05. The fraction of sp³-hybridized carbons (Fsp3) is 0.429. The summed E-state index contributed by atoms with van der Waals surface area (Å²) in [5.74, 6) is 8.03. The molecular formula is C14H17ClN2O2S2. The first-order chi connectivity index (χ1) is 10.0. The molecule has 21 heavy (non-hydrogen) atoms. The van der Waals surface area contributed by atoms with Crippen LogP contribution in [0.3, 0.4) is 0 Å². The second-order valence-corrected chi connectivity index (χ2v) is 8.03. The largest absolute Gasteiger partial charge is 0.320 e. The second kappa shape index (κ2) is 7.52. The van der Waals surface area contributed by atoms with E-state index in [0.29, 0.717) is 18.0 Å². The fourth-order valence-corrected chi connectivity index (χ4v) is 4.94. The molecule has 0 radical (unpaired) electrons. The van der Waals surface area contributed by atoms with E-state index in [1.807, 2.05) is 11.8 Å². The summed E-state index contributed by atoms with van der Waals surface area (Å²) in [5, 5.41) is 0.173. The van der Waals surface area contributed by atoms with Gasteiger partial charge in [-0.05, 0) is 42.0 Å². The monoisotopic (exact) mass is 344 g/mol. The second-order valence-electron chi connectivity index (χ2n) is 4.73. The van der Waals surface area contributed by atoms with Crippen molar-refractivity contribution in [3.63, 3.8) is 0 Å². The molecule has 2 rings (SSSR count). The van der Waals surface area contributed by atoms with Crippen LogP contribution in [0.15, 0.2) is 23.1 Å². The summed E-state index contributed by atoms with van der Waals surface area (Å²) in [6.45, 7) is 0.707. The molecule has 1 aliphatic heterocycles. The highest BCUT2D eigenvalue weighted by Crippen LogP contribution is 2.25. The number of rotatable bonds is 4. The average Bonchev–Trinajstić information content (AvgIpc) is 2.96. The van der Waals surface area contributed by atoms with Gasteiger partial charge in [-0.1, -0.05) is 23.4 Å². The first-order valence-electron chi connectivity index (χ1n) is 6.59. The molecule has 0 aliphatic carbocycles. The van der Waals surface area contributed by atoms with E-state index < -0.39 is 10.0 Å². The summed E-state index contributed by atoms with van der Waals surface area (Å²) in [5.41, 5.74) is 5.95. The summed E-state index contributed by atoms with van der Waals surface area (Å²) < 4.78 is 27.2. The van der Waals surface area contributed by atoms with Crippen molar-refractivity contribution in [1.29, 1.82) is 0 Å². The number of hydrogen-bond acceptors (Lipinski definition) is 4. The van der Waals surface area contributed by atoms with Crippen LogP contribution in [-0.4, -0.2) is 33.0 Å². The van der Waals surface area contributed by atoms with Gasteiger partial charge in [0.15, 0.2) is 0 Å². The van der Waals surface area contributed by atoms with Crippen molar-refractivity contribution in [2.75, 3.05) is 24.6 Å². The number of benzene rings is 1. The highest BCUT2D eigenvalue weighted by molar-refractivity contribution is 7.99. The van der Waals surface area contributed by atoms with Crippen molar-refractivity contribution < 1.29 is 8.42 Å². The van der Waals surface area contributed by atoms with Gasteiger partial charge in [0.1, 0.15) is 4.90 Å². The van der Waals surface area contributed by atoms with Crippen LogP contribution in [0.1, 0.15) is 12.0 Å². The predicted octanol–water partition coefficient (Wildman–Crippen LogP) is 1.68. The molecule has 1 aromatic rings. The molecule has 0 spiro atoms. The molecule has 1 saturated heterocycles. The predicted molar refractivity (Wildman–Crippen MR) is 88.0 cm³/mol. The number of nitrogens with one attached hydrogen (secondary N) is 1. The number of hydrogen-bond donors (Lipinski definition) is 2. The number of thioether (sulfide) groups is 1. The Bertz CT molecular complexity index is 659. The van der Waals surface area contributed by atoms with Crippen LogP contribution < -0.4 is 10.5 Å². The number of sulfonamides is 1. The zero-order chi connectivity index (χ0) is 15.3. The minimum absolute atomic E-state index is 0.0908. The van der Waals surface area contributed by atoms with E-state index in [9.17, 15) is 8.42 Å². The van der Waals surface area contributed by atoms with Crippen molar-refractivity contribution in [1.82, 2.24) is 4.72 Å². The molecule has 7 heteroatoms.